The summed E-state index contributed by atoms with van der Waals surface area (Å²) in [6.07, 6.45) is 1.74. The molecule has 0 atom stereocenters. The van der Waals surface area contributed by atoms with Crippen LogP contribution in [0.4, 0.5) is 0 Å². The van der Waals surface area contributed by atoms with Crippen molar-refractivity contribution in [1.82, 2.24) is 4.98 Å². The van der Waals surface area contributed by atoms with Gasteiger partial charge < -0.3 is 0 Å². The predicted octanol–water partition coefficient (Wildman–Crippen LogP) is 4.63. The quantitative estimate of drug-likeness (QED) is 0.774. The number of aromatic nitrogens is 1. The number of rotatable bonds is 2. The molecule has 0 radical (unpaired) electrons. The van der Waals surface area contributed by atoms with Crippen LogP contribution in [0.2, 0.25) is 0 Å². The van der Waals surface area contributed by atoms with Crippen LogP contribution in [-0.2, 0) is 0 Å². The summed E-state index contributed by atoms with van der Waals surface area (Å²) >= 11 is 8.17. The predicted molar refractivity (Wildman–Crippen MR) is 74.9 cm³/mol. The van der Waals surface area contributed by atoms with Crippen LogP contribution in [-0.4, -0.2) is 4.98 Å². The molecule has 0 amide bonds. The molecular weight excluding hydrogens is 364 g/mol. The Morgan fingerprint density at radius 3 is 2.53 bits per heavy atom. The summed E-state index contributed by atoms with van der Waals surface area (Å²) in [7, 11) is 0. The van der Waals surface area contributed by atoms with Crippen molar-refractivity contribution in [2.24, 2.45) is 0 Å². The highest BCUT2D eigenvalue weighted by Gasteiger charge is 2.05. The third-order valence-electron chi connectivity index (χ3n) is 1.98. The number of nitriles is 1. The summed E-state index contributed by atoms with van der Waals surface area (Å²) in [5.74, 6) is 0. The number of pyridine rings is 1. The molecule has 0 saturated carbocycles. The molecule has 2 rings (SSSR count). The summed E-state index contributed by atoms with van der Waals surface area (Å²) in [6.45, 7) is 0. The van der Waals surface area contributed by atoms with Crippen molar-refractivity contribution >= 4 is 43.6 Å². The van der Waals surface area contributed by atoms with Crippen LogP contribution in [0.5, 0.6) is 0 Å². The van der Waals surface area contributed by atoms with Crippen LogP contribution in [0.15, 0.2) is 55.4 Å². The number of hydrogen-bond donors (Lipinski definition) is 0. The van der Waals surface area contributed by atoms with E-state index in [9.17, 15) is 0 Å². The number of benzene rings is 1. The molecule has 0 spiro atoms. The average Bonchev–Trinajstić information content (AvgIpc) is 2.34. The van der Waals surface area contributed by atoms with Gasteiger partial charge in [-0.25, -0.2) is 4.98 Å². The highest BCUT2D eigenvalue weighted by molar-refractivity contribution is 9.10. The maximum atomic E-state index is 9.05. The van der Waals surface area contributed by atoms with Gasteiger partial charge >= 0.3 is 0 Å². The van der Waals surface area contributed by atoms with E-state index in [4.69, 9.17) is 5.26 Å². The first-order valence-electron chi connectivity index (χ1n) is 4.68. The van der Waals surface area contributed by atoms with E-state index in [0.717, 1.165) is 18.9 Å². The van der Waals surface area contributed by atoms with Crippen molar-refractivity contribution in [3.8, 4) is 6.07 Å². The molecule has 0 unspecified atom stereocenters. The fraction of sp³-hybridized carbons (Fsp3) is 0. The second-order valence-corrected chi connectivity index (χ2v) is 6.06. The second-order valence-electron chi connectivity index (χ2n) is 3.17. The van der Waals surface area contributed by atoms with E-state index in [1.54, 1.807) is 12.3 Å². The highest BCUT2D eigenvalue weighted by Crippen LogP contribution is 2.30. The fourth-order valence-electron chi connectivity index (χ4n) is 1.21. The lowest BCUT2D eigenvalue weighted by Gasteiger charge is -2.03. The molecule has 0 fully saturated rings. The maximum absolute atomic E-state index is 9.05. The first kappa shape index (κ1) is 12.6. The summed E-state index contributed by atoms with van der Waals surface area (Å²) < 4.78 is 1.85. The minimum Gasteiger partial charge on any atom is -0.248 e. The second kappa shape index (κ2) is 5.67. The van der Waals surface area contributed by atoms with Gasteiger partial charge in [0, 0.05) is 20.0 Å². The molecule has 1 heterocycles. The van der Waals surface area contributed by atoms with E-state index in [1.807, 2.05) is 24.3 Å². The van der Waals surface area contributed by atoms with Gasteiger partial charge in [0.1, 0.15) is 11.1 Å². The van der Waals surface area contributed by atoms with Gasteiger partial charge in [-0.05, 0) is 46.3 Å². The molecule has 0 saturated heterocycles. The first-order chi connectivity index (χ1) is 8.19. The Labute approximate surface area is 120 Å². The van der Waals surface area contributed by atoms with Crippen LogP contribution in [0.25, 0.3) is 0 Å². The van der Waals surface area contributed by atoms with Gasteiger partial charge in [-0.2, -0.15) is 5.26 Å². The van der Waals surface area contributed by atoms with Crippen molar-refractivity contribution in [2.75, 3.05) is 0 Å². The van der Waals surface area contributed by atoms with Crippen molar-refractivity contribution in [1.29, 1.82) is 5.26 Å². The Balaban J connectivity index is 2.30. The summed E-state index contributed by atoms with van der Waals surface area (Å²) in [4.78, 5) is 5.17. The highest BCUT2D eigenvalue weighted by atomic mass is 79.9. The zero-order valence-corrected chi connectivity index (χ0v) is 12.5. The SMILES string of the molecule is N#Cc1cc(Br)ccc1Sc1ccc(Br)cn1. The van der Waals surface area contributed by atoms with E-state index in [-0.39, 0.29) is 0 Å². The van der Waals surface area contributed by atoms with Gasteiger partial charge in [-0.1, -0.05) is 27.7 Å². The molecule has 0 aliphatic rings. The smallest absolute Gasteiger partial charge is 0.101 e. The van der Waals surface area contributed by atoms with Crippen molar-refractivity contribution in [2.45, 2.75) is 9.92 Å². The normalized spacial score (nSPS) is 9.94. The lowest BCUT2D eigenvalue weighted by atomic mass is 10.2. The number of hydrogen-bond acceptors (Lipinski definition) is 3. The molecule has 0 N–H and O–H groups in total. The Kier molecular flexibility index (Phi) is 4.21. The molecule has 17 heavy (non-hydrogen) atoms. The van der Waals surface area contributed by atoms with Gasteiger partial charge in [0.05, 0.1) is 5.56 Å². The van der Waals surface area contributed by atoms with Crippen LogP contribution >= 0.6 is 43.6 Å². The van der Waals surface area contributed by atoms with Gasteiger partial charge in [-0.3, -0.25) is 0 Å². The van der Waals surface area contributed by atoms with Crippen LogP contribution in [0, 0.1) is 11.3 Å². The zero-order chi connectivity index (χ0) is 12.3. The Bertz CT molecular complexity index is 576. The summed E-state index contributed by atoms with van der Waals surface area (Å²) in [6, 6.07) is 11.7. The molecule has 2 nitrogen and oxygen atoms in total. The molecule has 1 aromatic heterocycles. The van der Waals surface area contributed by atoms with Crippen molar-refractivity contribution < 1.29 is 0 Å². The van der Waals surface area contributed by atoms with Gasteiger partial charge in [0.25, 0.3) is 0 Å². The number of halogens is 2. The molecule has 2 aromatic rings. The van der Waals surface area contributed by atoms with Crippen LogP contribution < -0.4 is 0 Å². The molecule has 0 aliphatic heterocycles. The minimum absolute atomic E-state index is 0.647. The molecule has 84 valence electrons. The molecule has 0 bridgehead atoms. The van der Waals surface area contributed by atoms with Gasteiger partial charge in [0.15, 0.2) is 0 Å². The van der Waals surface area contributed by atoms with Gasteiger partial charge in [0.2, 0.25) is 0 Å². The Morgan fingerprint density at radius 2 is 1.88 bits per heavy atom. The lowest BCUT2D eigenvalue weighted by Crippen LogP contribution is -1.83. The van der Waals surface area contributed by atoms with Crippen LogP contribution in [0.3, 0.4) is 0 Å². The van der Waals surface area contributed by atoms with Crippen LogP contribution in [0.1, 0.15) is 5.56 Å². The summed E-state index contributed by atoms with van der Waals surface area (Å²) in [5.41, 5.74) is 0.647. The van der Waals surface area contributed by atoms with Crippen molar-refractivity contribution in [3.63, 3.8) is 0 Å². The van der Waals surface area contributed by atoms with E-state index >= 15 is 0 Å². The first-order valence-corrected chi connectivity index (χ1v) is 7.08. The maximum Gasteiger partial charge on any atom is 0.101 e. The third kappa shape index (κ3) is 3.32. The van der Waals surface area contributed by atoms with E-state index in [2.05, 4.69) is 42.9 Å². The average molecular weight is 370 g/mol. The Morgan fingerprint density at radius 1 is 1.12 bits per heavy atom. The fourth-order valence-corrected chi connectivity index (χ4v) is 2.63. The third-order valence-corrected chi connectivity index (χ3v) is 3.97. The molecule has 0 aliphatic carbocycles. The monoisotopic (exact) mass is 368 g/mol. The Hall–Kier alpha value is -0.830. The van der Waals surface area contributed by atoms with E-state index in [1.165, 1.54) is 11.8 Å². The number of nitrogens with zero attached hydrogens (tertiary/aromatic N) is 2. The largest absolute Gasteiger partial charge is 0.248 e. The molecule has 1 aromatic carbocycles. The molecule has 5 heteroatoms. The zero-order valence-electron chi connectivity index (χ0n) is 8.52. The topological polar surface area (TPSA) is 36.7 Å². The van der Waals surface area contributed by atoms with E-state index in [0.29, 0.717) is 5.56 Å². The minimum atomic E-state index is 0.647. The van der Waals surface area contributed by atoms with Gasteiger partial charge in [-0.15, -0.1) is 0 Å². The standard InChI is InChI=1S/C12H6Br2N2S/c13-9-1-3-11(8(5-9)6-15)17-12-4-2-10(14)7-16-12/h1-5,7H. The lowest BCUT2D eigenvalue weighted by molar-refractivity contribution is 1.12. The van der Waals surface area contributed by atoms with Crippen molar-refractivity contribution in [3.05, 3.63) is 51.0 Å². The molecular formula is C12H6Br2N2S. The summed E-state index contributed by atoms with van der Waals surface area (Å²) in [5, 5.41) is 9.92. The van der Waals surface area contributed by atoms with E-state index < -0.39 is 0 Å².